The summed E-state index contributed by atoms with van der Waals surface area (Å²) in [7, 11) is 0. The lowest BCUT2D eigenvalue weighted by Gasteiger charge is -2.05. The monoisotopic (exact) mass is 318 g/mol. The van der Waals surface area contributed by atoms with Gasteiger partial charge in [0, 0.05) is 10.9 Å². The Kier molecular flexibility index (Phi) is 3.59. The molecule has 1 N–H and O–H groups in total. The number of H-pyrrole nitrogens is 1. The number of hydrogen-bond acceptors (Lipinski definition) is 3. The molecule has 0 aliphatic rings. The number of halogens is 1. The molecule has 3 aromatic rings. The summed E-state index contributed by atoms with van der Waals surface area (Å²) in [6.45, 7) is 5.94. The summed E-state index contributed by atoms with van der Waals surface area (Å²) in [5.41, 5.74) is 4.30. The van der Waals surface area contributed by atoms with Crippen LogP contribution >= 0.6 is 22.9 Å². The molecule has 0 spiro atoms. The minimum Gasteiger partial charge on any atom is -0.309 e. The van der Waals surface area contributed by atoms with Crippen molar-refractivity contribution < 1.29 is 0 Å². The van der Waals surface area contributed by atoms with Crippen LogP contribution in [0.1, 0.15) is 29.3 Å². The van der Waals surface area contributed by atoms with Crippen LogP contribution in [0.4, 0.5) is 0 Å². The standard InChI is InChI=1S/C16H15ClN2OS/c1-8-4-5-11(6-9(8)2)12-7-21-16-13(12)15(20)18-14(19-16)10(3)17/h4-7,10H,1-3H3,(H,18,19,20). The molecule has 1 atom stereocenters. The third-order valence-corrected chi connectivity index (χ3v) is 4.74. The zero-order chi connectivity index (χ0) is 15.1. The van der Waals surface area contributed by atoms with Crippen LogP contribution in [-0.4, -0.2) is 9.97 Å². The lowest BCUT2D eigenvalue weighted by molar-refractivity contribution is 0.917. The fourth-order valence-electron chi connectivity index (χ4n) is 2.28. The van der Waals surface area contributed by atoms with Crippen molar-refractivity contribution in [1.82, 2.24) is 9.97 Å². The van der Waals surface area contributed by atoms with Crippen LogP contribution in [0.5, 0.6) is 0 Å². The maximum Gasteiger partial charge on any atom is 0.260 e. The molecule has 0 saturated carbocycles. The topological polar surface area (TPSA) is 45.8 Å². The predicted octanol–water partition coefficient (Wildman–Crippen LogP) is 4.57. The first-order valence-electron chi connectivity index (χ1n) is 6.70. The fraction of sp³-hybridized carbons (Fsp3) is 0.250. The summed E-state index contributed by atoms with van der Waals surface area (Å²) >= 11 is 7.48. The first kappa shape index (κ1) is 14.3. The Labute approximate surface area is 131 Å². The quantitative estimate of drug-likeness (QED) is 0.704. The number of rotatable bonds is 2. The summed E-state index contributed by atoms with van der Waals surface area (Å²) in [6, 6.07) is 6.22. The maximum absolute atomic E-state index is 12.4. The average molecular weight is 319 g/mol. The van der Waals surface area contributed by atoms with Crippen molar-refractivity contribution in [2.75, 3.05) is 0 Å². The van der Waals surface area contributed by atoms with Crippen molar-refractivity contribution in [3.8, 4) is 11.1 Å². The highest BCUT2D eigenvalue weighted by atomic mass is 35.5. The van der Waals surface area contributed by atoms with Gasteiger partial charge in [-0.2, -0.15) is 0 Å². The second-order valence-electron chi connectivity index (χ2n) is 5.20. The number of nitrogens with one attached hydrogen (secondary N) is 1. The molecular formula is C16H15ClN2OS. The number of aryl methyl sites for hydroxylation is 2. The van der Waals surface area contributed by atoms with Crippen molar-refractivity contribution in [3.63, 3.8) is 0 Å². The predicted molar refractivity (Wildman–Crippen MR) is 89.4 cm³/mol. The number of thiophene rings is 1. The third-order valence-electron chi connectivity index (χ3n) is 3.66. The largest absolute Gasteiger partial charge is 0.309 e. The molecule has 0 amide bonds. The summed E-state index contributed by atoms with van der Waals surface area (Å²) < 4.78 is 0. The lowest BCUT2D eigenvalue weighted by Crippen LogP contribution is -2.11. The number of alkyl halides is 1. The second-order valence-corrected chi connectivity index (χ2v) is 6.71. The van der Waals surface area contributed by atoms with Crippen LogP contribution in [-0.2, 0) is 0 Å². The number of aromatic amines is 1. The Bertz CT molecular complexity index is 880. The van der Waals surface area contributed by atoms with Gasteiger partial charge in [-0.1, -0.05) is 18.2 Å². The minimum absolute atomic E-state index is 0.128. The Balaban J connectivity index is 2.25. The molecule has 1 unspecified atom stereocenters. The van der Waals surface area contributed by atoms with Gasteiger partial charge >= 0.3 is 0 Å². The molecule has 0 saturated heterocycles. The molecule has 0 fully saturated rings. The molecule has 0 bridgehead atoms. The third kappa shape index (κ3) is 2.49. The highest BCUT2D eigenvalue weighted by Gasteiger charge is 2.14. The van der Waals surface area contributed by atoms with E-state index in [9.17, 15) is 4.79 Å². The van der Waals surface area contributed by atoms with E-state index in [1.54, 1.807) is 6.92 Å². The first-order chi connectivity index (χ1) is 9.97. The molecule has 0 radical (unpaired) electrons. The van der Waals surface area contributed by atoms with E-state index in [-0.39, 0.29) is 10.9 Å². The van der Waals surface area contributed by atoms with E-state index in [1.807, 2.05) is 11.4 Å². The van der Waals surface area contributed by atoms with Crippen LogP contribution in [0.15, 0.2) is 28.4 Å². The minimum atomic E-state index is -0.311. The summed E-state index contributed by atoms with van der Waals surface area (Å²) in [5.74, 6) is 0.516. The van der Waals surface area contributed by atoms with Gasteiger partial charge in [0.25, 0.3) is 5.56 Å². The van der Waals surface area contributed by atoms with Crippen LogP contribution in [0.3, 0.4) is 0 Å². The normalized spacial score (nSPS) is 12.8. The Morgan fingerprint density at radius 2 is 2.05 bits per heavy atom. The van der Waals surface area contributed by atoms with Crippen molar-refractivity contribution in [3.05, 3.63) is 50.9 Å². The molecular weight excluding hydrogens is 304 g/mol. The molecule has 0 aliphatic carbocycles. The fourth-order valence-corrected chi connectivity index (χ4v) is 3.33. The van der Waals surface area contributed by atoms with E-state index < -0.39 is 0 Å². The van der Waals surface area contributed by atoms with Gasteiger partial charge in [-0.15, -0.1) is 22.9 Å². The molecule has 5 heteroatoms. The van der Waals surface area contributed by atoms with Gasteiger partial charge in [-0.25, -0.2) is 4.98 Å². The zero-order valence-corrected chi connectivity index (χ0v) is 13.6. The molecule has 2 aromatic heterocycles. The summed E-state index contributed by atoms with van der Waals surface area (Å²) in [6.07, 6.45) is 0. The van der Waals surface area contributed by atoms with Crippen molar-refractivity contribution in [2.24, 2.45) is 0 Å². The van der Waals surface area contributed by atoms with Crippen LogP contribution in [0.2, 0.25) is 0 Å². The maximum atomic E-state index is 12.4. The van der Waals surface area contributed by atoms with Gasteiger partial charge in [-0.05, 0) is 37.5 Å². The number of nitrogens with zero attached hydrogens (tertiary/aromatic N) is 1. The molecule has 0 aliphatic heterocycles. The van der Waals surface area contributed by atoms with Crippen LogP contribution in [0.25, 0.3) is 21.3 Å². The van der Waals surface area contributed by atoms with Gasteiger partial charge in [0.05, 0.1) is 10.8 Å². The van der Waals surface area contributed by atoms with Crippen LogP contribution < -0.4 is 5.56 Å². The van der Waals surface area contributed by atoms with E-state index in [1.165, 1.54) is 22.5 Å². The van der Waals surface area contributed by atoms with Crippen molar-refractivity contribution >= 4 is 33.2 Å². The molecule has 3 nitrogen and oxygen atoms in total. The second kappa shape index (κ2) is 5.28. The molecule has 3 rings (SSSR count). The average Bonchev–Trinajstić information content (AvgIpc) is 2.86. The van der Waals surface area contributed by atoms with E-state index >= 15 is 0 Å². The Hall–Kier alpha value is -1.65. The highest BCUT2D eigenvalue weighted by molar-refractivity contribution is 7.17. The lowest BCUT2D eigenvalue weighted by atomic mass is 10.0. The smallest absolute Gasteiger partial charge is 0.260 e. The summed E-state index contributed by atoms with van der Waals surface area (Å²) in [4.78, 5) is 20.3. The SMILES string of the molecule is Cc1ccc(-c2csc3nc(C(C)Cl)[nH]c(=O)c23)cc1C. The zero-order valence-electron chi connectivity index (χ0n) is 12.0. The number of hydrogen-bond donors (Lipinski definition) is 1. The van der Waals surface area contributed by atoms with Gasteiger partial charge in [0.1, 0.15) is 10.7 Å². The van der Waals surface area contributed by atoms with Crippen molar-refractivity contribution in [2.45, 2.75) is 26.1 Å². The molecule has 2 heterocycles. The van der Waals surface area contributed by atoms with E-state index in [0.29, 0.717) is 11.2 Å². The van der Waals surface area contributed by atoms with Gasteiger partial charge in [0.2, 0.25) is 0 Å². The first-order valence-corrected chi connectivity index (χ1v) is 8.02. The van der Waals surface area contributed by atoms with Gasteiger partial charge < -0.3 is 4.98 Å². The van der Waals surface area contributed by atoms with E-state index in [2.05, 4.69) is 35.9 Å². The van der Waals surface area contributed by atoms with Crippen LogP contribution in [0, 0.1) is 13.8 Å². The van der Waals surface area contributed by atoms with Crippen molar-refractivity contribution in [1.29, 1.82) is 0 Å². The van der Waals surface area contributed by atoms with Gasteiger partial charge in [0.15, 0.2) is 0 Å². The number of fused-ring (bicyclic) bond motifs is 1. The number of aromatic nitrogens is 2. The Morgan fingerprint density at radius 1 is 1.29 bits per heavy atom. The van der Waals surface area contributed by atoms with E-state index in [0.717, 1.165) is 16.0 Å². The highest BCUT2D eigenvalue weighted by Crippen LogP contribution is 2.32. The van der Waals surface area contributed by atoms with Gasteiger partial charge in [-0.3, -0.25) is 4.79 Å². The molecule has 1 aromatic carbocycles. The molecule has 21 heavy (non-hydrogen) atoms. The number of benzene rings is 1. The Morgan fingerprint density at radius 3 is 2.71 bits per heavy atom. The van der Waals surface area contributed by atoms with E-state index in [4.69, 9.17) is 11.6 Å². The molecule has 108 valence electrons. The summed E-state index contributed by atoms with van der Waals surface area (Å²) in [5, 5.41) is 2.32.